The highest BCUT2D eigenvalue weighted by atomic mass is 32.2. The normalized spacial score (nSPS) is 14.9. The van der Waals surface area contributed by atoms with E-state index in [2.05, 4.69) is 4.98 Å². The molecular weight excluding hydrogens is 502 g/mol. The number of benzene rings is 1. The number of H-pyrrole nitrogens is 1. The lowest BCUT2D eigenvalue weighted by Crippen LogP contribution is -2.47. The summed E-state index contributed by atoms with van der Waals surface area (Å²) >= 11 is 0. The van der Waals surface area contributed by atoms with E-state index in [1.54, 1.807) is 6.92 Å². The highest BCUT2D eigenvalue weighted by molar-refractivity contribution is 7.89. The molecule has 0 saturated carbocycles. The van der Waals surface area contributed by atoms with Crippen molar-refractivity contribution < 1.29 is 22.7 Å². The average Bonchev–Trinajstić information content (AvgIpc) is 2.90. The largest absolute Gasteiger partial charge is 0.493 e. The lowest BCUT2D eigenvalue weighted by molar-refractivity contribution is -0.123. The summed E-state index contributed by atoms with van der Waals surface area (Å²) < 4.78 is 39.5. The molecule has 0 radical (unpaired) electrons. The Bertz CT molecular complexity index is 1340. The van der Waals surface area contributed by atoms with Gasteiger partial charge in [0.25, 0.3) is 5.56 Å². The van der Waals surface area contributed by atoms with Crippen LogP contribution in [0.1, 0.15) is 39.5 Å². The molecule has 1 aliphatic heterocycles. The standard InChI is InChI=1S/C24H35N5O7S/c1-5-7-12-29-21(25)20(22(30)26-24(29)32)28(6-2)23(31)16-10-13-27(14-11-16)37(33,34)17-8-9-18(35-3)19(15-17)36-4/h8-9,15-16H,5-7,10-14,25H2,1-4H3,(H,26,30,32). The average molecular weight is 538 g/mol. The van der Waals surface area contributed by atoms with E-state index in [0.29, 0.717) is 24.5 Å². The molecule has 0 atom stereocenters. The van der Waals surface area contributed by atoms with E-state index in [0.717, 1.165) is 6.42 Å². The first-order valence-electron chi connectivity index (χ1n) is 12.3. The van der Waals surface area contributed by atoms with Gasteiger partial charge in [-0.1, -0.05) is 13.3 Å². The third kappa shape index (κ3) is 5.67. The van der Waals surface area contributed by atoms with E-state index in [1.165, 1.54) is 46.2 Å². The molecule has 1 aliphatic rings. The van der Waals surface area contributed by atoms with Gasteiger partial charge >= 0.3 is 5.69 Å². The van der Waals surface area contributed by atoms with Crippen LogP contribution in [0.2, 0.25) is 0 Å². The first kappa shape index (κ1) is 28.3. The molecule has 0 unspecified atom stereocenters. The molecule has 1 amide bonds. The quantitative estimate of drug-likeness (QED) is 0.460. The Morgan fingerprint density at radius 2 is 1.78 bits per heavy atom. The highest BCUT2D eigenvalue weighted by Crippen LogP contribution is 2.32. The maximum Gasteiger partial charge on any atom is 0.330 e. The molecule has 2 aromatic rings. The van der Waals surface area contributed by atoms with Crippen LogP contribution in [0.3, 0.4) is 0 Å². The van der Waals surface area contributed by atoms with Crippen molar-refractivity contribution in [1.29, 1.82) is 0 Å². The van der Waals surface area contributed by atoms with Gasteiger partial charge < -0.3 is 20.1 Å². The third-order valence-corrected chi connectivity index (χ3v) is 8.49. The summed E-state index contributed by atoms with van der Waals surface area (Å²) in [6, 6.07) is 4.39. The molecule has 1 fully saturated rings. The zero-order valence-electron chi connectivity index (χ0n) is 21.7. The number of nitrogen functional groups attached to an aromatic ring is 1. The fraction of sp³-hybridized carbons (Fsp3) is 0.542. The monoisotopic (exact) mass is 537 g/mol. The van der Waals surface area contributed by atoms with Crippen LogP contribution in [-0.4, -0.2) is 62.0 Å². The van der Waals surface area contributed by atoms with Crippen LogP contribution in [-0.2, 0) is 21.4 Å². The van der Waals surface area contributed by atoms with Gasteiger partial charge in [-0.05, 0) is 38.3 Å². The smallest absolute Gasteiger partial charge is 0.330 e. The van der Waals surface area contributed by atoms with Crippen LogP contribution in [0.15, 0.2) is 32.7 Å². The van der Waals surface area contributed by atoms with Gasteiger partial charge in [-0.3, -0.25) is 19.1 Å². The second kappa shape index (κ2) is 11.8. The summed E-state index contributed by atoms with van der Waals surface area (Å²) in [5, 5.41) is 0. The fourth-order valence-corrected chi connectivity index (χ4v) is 5.98. The Morgan fingerprint density at radius 3 is 2.35 bits per heavy atom. The minimum atomic E-state index is -3.82. The molecule has 0 aliphatic carbocycles. The van der Waals surface area contributed by atoms with Crippen molar-refractivity contribution >= 4 is 27.4 Å². The number of methoxy groups -OCH3 is 2. The number of carbonyl (C=O) groups excluding carboxylic acids is 1. The Labute approximate surface area is 216 Å². The number of carbonyl (C=O) groups is 1. The van der Waals surface area contributed by atoms with Crippen molar-refractivity contribution in [3.05, 3.63) is 39.0 Å². The summed E-state index contributed by atoms with van der Waals surface area (Å²) in [7, 11) is -0.924. The SMILES string of the molecule is CCCCn1c(N)c(N(CC)C(=O)C2CCN(S(=O)(=O)c3ccc(OC)c(OC)c3)CC2)c(=O)[nH]c1=O. The number of rotatable bonds is 10. The number of nitrogens with zero attached hydrogens (tertiary/aromatic N) is 3. The molecule has 3 rings (SSSR count). The summed E-state index contributed by atoms with van der Waals surface area (Å²) in [6.45, 7) is 4.44. The van der Waals surface area contributed by atoms with Gasteiger partial charge in [-0.2, -0.15) is 4.31 Å². The number of anilines is 2. The van der Waals surface area contributed by atoms with E-state index in [-0.39, 0.29) is 54.8 Å². The van der Waals surface area contributed by atoms with Gasteiger partial charge in [0, 0.05) is 38.2 Å². The van der Waals surface area contributed by atoms with E-state index >= 15 is 0 Å². The molecule has 0 spiro atoms. The molecule has 37 heavy (non-hydrogen) atoms. The summed E-state index contributed by atoms with van der Waals surface area (Å²) in [4.78, 5) is 42.0. The minimum absolute atomic E-state index is 0.0501. The van der Waals surface area contributed by atoms with E-state index in [9.17, 15) is 22.8 Å². The van der Waals surface area contributed by atoms with Crippen LogP contribution >= 0.6 is 0 Å². The Balaban J connectivity index is 1.80. The summed E-state index contributed by atoms with van der Waals surface area (Å²) in [5.41, 5.74) is 4.81. The van der Waals surface area contributed by atoms with E-state index < -0.39 is 27.2 Å². The molecule has 1 saturated heterocycles. The Morgan fingerprint density at radius 1 is 1.14 bits per heavy atom. The zero-order valence-corrected chi connectivity index (χ0v) is 22.5. The first-order valence-corrected chi connectivity index (χ1v) is 13.7. The predicted octanol–water partition coefficient (Wildman–Crippen LogP) is 1.39. The minimum Gasteiger partial charge on any atom is -0.493 e. The number of unbranched alkanes of at least 4 members (excludes halogenated alkanes) is 1. The fourth-order valence-electron chi connectivity index (χ4n) is 4.49. The van der Waals surface area contributed by atoms with Gasteiger partial charge in [0.2, 0.25) is 15.9 Å². The number of hydrogen-bond donors (Lipinski definition) is 2. The summed E-state index contributed by atoms with van der Waals surface area (Å²) in [5.74, 6) is -0.169. The molecule has 2 heterocycles. The molecule has 12 nitrogen and oxygen atoms in total. The van der Waals surface area contributed by atoms with Crippen LogP contribution in [0.4, 0.5) is 11.5 Å². The molecule has 1 aromatic heterocycles. The van der Waals surface area contributed by atoms with Crippen molar-refractivity contribution in [1.82, 2.24) is 13.9 Å². The number of hydrogen-bond acceptors (Lipinski definition) is 8. The molecule has 204 valence electrons. The van der Waals surface area contributed by atoms with E-state index in [1.807, 2.05) is 6.92 Å². The maximum atomic E-state index is 13.5. The van der Waals surface area contributed by atoms with Crippen LogP contribution < -0.4 is 31.4 Å². The number of sulfonamides is 1. The van der Waals surface area contributed by atoms with Crippen molar-refractivity contribution in [2.24, 2.45) is 5.92 Å². The number of aromatic nitrogens is 2. The molecule has 13 heteroatoms. The van der Waals surface area contributed by atoms with Gasteiger partial charge in [-0.25, -0.2) is 13.2 Å². The number of amides is 1. The zero-order chi connectivity index (χ0) is 27.3. The lowest BCUT2D eigenvalue weighted by atomic mass is 9.96. The third-order valence-electron chi connectivity index (χ3n) is 6.60. The second-order valence-corrected chi connectivity index (χ2v) is 10.7. The Kier molecular flexibility index (Phi) is 9.02. The molecule has 0 bridgehead atoms. The van der Waals surface area contributed by atoms with Crippen molar-refractivity contribution in [3.8, 4) is 11.5 Å². The molecule has 1 aromatic carbocycles. The predicted molar refractivity (Wildman–Crippen MR) is 140 cm³/mol. The number of ether oxygens (including phenoxy) is 2. The Hall–Kier alpha value is -3.32. The van der Waals surface area contributed by atoms with Crippen LogP contribution in [0, 0.1) is 5.92 Å². The maximum absolute atomic E-state index is 13.5. The van der Waals surface area contributed by atoms with Crippen LogP contribution in [0.25, 0.3) is 0 Å². The molecule has 3 N–H and O–H groups in total. The highest BCUT2D eigenvalue weighted by Gasteiger charge is 2.35. The number of nitrogens with one attached hydrogen (secondary N) is 1. The van der Waals surface area contributed by atoms with Gasteiger partial charge in [-0.15, -0.1) is 0 Å². The van der Waals surface area contributed by atoms with Gasteiger partial charge in [0.15, 0.2) is 17.2 Å². The van der Waals surface area contributed by atoms with Crippen molar-refractivity contribution in [2.75, 3.05) is 44.5 Å². The lowest BCUT2D eigenvalue weighted by Gasteiger charge is -2.33. The number of nitrogens with two attached hydrogens (primary N) is 1. The van der Waals surface area contributed by atoms with E-state index in [4.69, 9.17) is 15.2 Å². The first-order chi connectivity index (χ1) is 17.6. The number of aromatic amines is 1. The number of piperidine rings is 1. The second-order valence-electron chi connectivity index (χ2n) is 8.78. The van der Waals surface area contributed by atoms with Gasteiger partial charge in [0.05, 0.1) is 19.1 Å². The van der Waals surface area contributed by atoms with Crippen molar-refractivity contribution in [3.63, 3.8) is 0 Å². The van der Waals surface area contributed by atoms with Crippen LogP contribution in [0.5, 0.6) is 11.5 Å². The van der Waals surface area contributed by atoms with Gasteiger partial charge in [0.1, 0.15) is 5.82 Å². The van der Waals surface area contributed by atoms with Crippen molar-refractivity contribution in [2.45, 2.75) is 51.0 Å². The summed E-state index contributed by atoms with van der Waals surface area (Å²) in [6.07, 6.45) is 2.05. The topological polar surface area (TPSA) is 157 Å². The molecular formula is C24H35N5O7S.